The van der Waals surface area contributed by atoms with E-state index in [1.807, 2.05) is 77.3 Å². The zero-order valence-electron chi connectivity index (χ0n) is 30.1. The summed E-state index contributed by atoms with van der Waals surface area (Å²) >= 11 is 3.33. The Morgan fingerprint density at radius 2 is 1.53 bits per heavy atom. The molecule has 5 rings (SSSR count). The van der Waals surface area contributed by atoms with E-state index in [9.17, 15) is 9.59 Å². The van der Waals surface area contributed by atoms with E-state index in [1.54, 1.807) is 24.8 Å². The number of benzene rings is 1. The maximum absolute atomic E-state index is 12.6. The number of aromatic nitrogens is 6. The fourth-order valence-corrected chi connectivity index (χ4v) is 5.60. The average molecular weight is 751 g/mol. The van der Waals surface area contributed by atoms with Gasteiger partial charge in [-0.05, 0) is 82.6 Å². The maximum atomic E-state index is 12.6. The van der Waals surface area contributed by atoms with Gasteiger partial charge in [0, 0.05) is 43.8 Å². The lowest BCUT2D eigenvalue weighted by Gasteiger charge is -2.20. The van der Waals surface area contributed by atoms with E-state index in [0.29, 0.717) is 57.2 Å². The molecule has 262 valence electrons. The first kappa shape index (κ1) is 37.7. The molecule has 0 spiro atoms. The summed E-state index contributed by atoms with van der Waals surface area (Å²) in [4.78, 5) is 45.8. The second-order valence-electron chi connectivity index (χ2n) is 15.3. The van der Waals surface area contributed by atoms with E-state index in [1.165, 1.54) is 5.56 Å². The number of carbonyl (C=O) groups is 2. The van der Waals surface area contributed by atoms with Crippen molar-refractivity contribution in [2.24, 2.45) is 0 Å². The minimum atomic E-state index is -1.13. The fraction of sp³-hybridized carbons (Fsp3) is 0.429. The summed E-state index contributed by atoms with van der Waals surface area (Å²) in [6, 6.07) is 9.09. The average Bonchev–Trinajstić information content (AvgIpc) is 3.56. The third kappa shape index (κ3) is 11.2. The third-order valence-corrected chi connectivity index (χ3v) is 9.02. The van der Waals surface area contributed by atoms with E-state index in [2.05, 4.69) is 76.4 Å². The summed E-state index contributed by atoms with van der Waals surface area (Å²) in [6.45, 7) is 21.7. The van der Waals surface area contributed by atoms with Crippen LogP contribution in [-0.2, 0) is 11.5 Å². The van der Waals surface area contributed by atoms with Crippen LogP contribution in [0.2, 0.25) is 25.7 Å². The Bertz CT molecular complexity index is 1920. The van der Waals surface area contributed by atoms with Gasteiger partial charge in [-0.3, -0.25) is 9.59 Å². The van der Waals surface area contributed by atoms with Crippen molar-refractivity contribution >= 4 is 69.7 Å². The number of rotatable bonds is 9. The number of ether oxygens (including phenoxy) is 1. The number of nitrogens with one attached hydrogen (secondary N) is 4. The molecule has 0 unspecified atom stereocenters. The van der Waals surface area contributed by atoms with Gasteiger partial charge in [0.15, 0.2) is 11.3 Å². The number of H-pyrrole nitrogens is 1. The molecule has 0 radical (unpaired) electrons. The molecular formula is C35H48BrN9O3Si. The molecule has 4 aromatic heterocycles. The number of halogens is 1. The molecule has 5 aromatic rings. The molecule has 4 N–H and O–H groups in total. The van der Waals surface area contributed by atoms with Crippen LogP contribution in [0.25, 0.3) is 22.3 Å². The molecule has 49 heavy (non-hydrogen) atoms. The van der Waals surface area contributed by atoms with Crippen molar-refractivity contribution in [2.75, 3.05) is 11.9 Å². The van der Waals surface area contributed by atoms with Crippen LogP contribution >= 0.6 is 15.9 Å². The lowest BCUT2D eigenvalue weighted by molar-refractivity contribution is 0.0884. The highest BCUT2D eigenvalue weighted by molar-refractivity contribution is 9.10. The first-order valence-corrected chi connectivity index (χ1v) is 20.7. The Balaban J connectivity index is 0.000000221. The number of fused-ring (bicyclic) bond motifs is 2. The molecule has 0 saturated carbocycles. The lowest BCUT2D eigenvalue weighted by Crippen LogP contribution is -2.40. The molecule has 0 aliphatic heterocycles. The minimum Gasteiger partial charge on any atom is -0.361 e. The van der Waals surface area contributed by atoms with Gasteiger partial charge in [-0.1, -0.05) is 37.3 Å². The van der Waals surface area contributed by atoms with Crippen LogP contribution in [0.4, 0.5) is 11.5 Å². The topological polar surface area (TPSA) is 152 Å². The molecule has 2 amide bonds. The van der Waals surface area contributed by atoms with Gasteiger partial charge in [0.1, 0.15) is 28.2 Å². The number of aromatic amines is 1. The van der Waals surface area contributed by atoms with E-state index in [0.717, 1.165) is 11.7 Å². The highest BCUT2D eigenvalue weighted by Crippen LogP contribution is 2.22. The molecule has 12 nitrogen and oxygen atoms in total. The fourth-order valence-electron chi connectivity index (χ4n) is 4.56. The number of hydrogen-bond donors (Lipinski definition) is 4. The summed E-state index contributed by atoms with van der Waals surface area (Å²) in [6.07, 6.45) is 6.69. The predicted octanol–water partition coefficient (Wildman–Crippen LogP) is 7.57. The summed E-state index contributed by atoms with van der Waals surface area (Å²) < 4.78 is 8.26. The highest BCUT2D eigenvalue weighted by atomic mass is 79.9. The number of nitrogens with zero attached hydrogens (tertiary/aromatic N) is 5. The van der Waals surface area contributed by atoms with Crippen molar-refractivity contribution in [2.45, 2.75) is 92.0 Å². The molecule has 0 saturated heterocycles. The van der Waals surface area contributed by atoms with Crippen LogP contribution in [0, 0.1) is 6.92 Å². The van der Waals surface area contributed by atoms with Crippen molar-refractivity contribution in [1.29, 1.82) is 0 Å². The second kappa shape index (κ2) is 15.2. The lowest BCUT2D eigenvalue weighted by atomic mass is 10.1. The monoisotopic (exact) mass is 749 g/mol. The van der Waals surface area contributed by atoms with Crippen LogP contribution < -0.4 is 16.0 Å². The molecule has 0 aliphatic carbocycles. The van der Waals surface area contributed by atoms with Crippen LogP contribution in [0.3, 0.4) is 0 Å². The molecule has 0 atom stereocenters. The third-order valence-electron chi connectivity index (χ3n) is 6.93. The standard InChI is InChI=1S/C18H21N5O.C17H27BrN4O2Si/c1-11-5-7-12(8-6-11)21-14-10-20-16-15(22-14)13(9-19-16)17(24)23-18(2,3)4;1-17(2,3)21-16(23)12-10-22(11-24-7-8-25(4,5)6)15-14(12)20-13(18)9-19-15/h5-10H,1-4H3,(H,19,20)(H,21,22)(H,23,24);9-10H,7-8,11H2,1-6H3,(H,21,23). The number of amides is 2. The smallest absolute Gasteiger partial charge is 0.255 e. The van der Waals surface area contributed by atoms with E-state index >= 15 is 0 Å². The quantitative estimate of drug-likeness (QED) is 0.0890. The summed E-state index contributed by atoms with van der Waals surface area (Å²) in [5.41, 5.74) is 4.83. The number of aryl methyl sites for hydroxylation is 1. The first-order chi connectivity index (χ1) is 22.8. The molecule has 0 bridgehead atoms. The van der Waals surface area contributed by atoms with E-state index in [4.69, 9.17) is 4.74 Å². The van der Waals surface area contributed by atoms with Gasteiger partial charge < -0.3 is 30.2 Å². The van der Waals surface area contributed by atoms with Crippen LogP contribution in [-0.4, -0.2) is 67.1 Å². The normalized spacial score (nSPS) is 12.1. The van der Waals surface area contributed by atoms with Gasteiger partial charge in [-0.2, -0.15) is 0 Å². The van der Waals surface area contributed by atoms with Crippen molar-refractivity contribution in [3.8, 4) is 0 Å². The summed E-state index contributed by atoms with van der Waals surface area (Å²) in [5.74, 6) is 0.261. The molecule has 0 aliphatic rings. The molecule has 0 fully saturated rings. The van der Waals surface area contributed by atoms with Gasteiger partial charge >= 0.3 is 0 Å². The van der Waals surface area contributed by atoms with Crippen molar-refractivity contribution in [3.63, 3.8) is 0 Å². The Hall–Kier alpha value is -4.14. The molecule has 4 heterocycles. The number of hydrogen-bond acceptors (Lipinski definition) is 8. The van der Waals surface area contributed by atoms with Crippen LogP contribution in [0.15, 0.2) is 53.7 Å². The van der Waals surface area contributed by atoms with Gasteiger partial charge in [0.2, 0.25) is 0 Å². The summed E-state index contributed by atoms with van der Waals surface area (Å²) in [7, 11) is -1.13. The number of anilines is 2. The SMILES string of the molecule is CC(C)(C)NC(=O)c1cn(COCC[Si](C)(C)C)c2ncc(Br)nc12.Cc1ccc(Nc2cnc3[nH]cc(C(=O)NC(C)(C)C)c3n2)cc1. The molecule has 14 heteroatoms. The molecule has 1 aromatic carbocycles. The summed E-state index contributed by atoms with van der Waals surface area (Å²) in [5, 5.41) is 9.13. The van der Waals surface area contributed by atoms with Gasteiger partial charge in [-0.25, -0.2) is 19.9 Å². The van der Waals surface area contributed by atoms with Crippen LogP contribution in [0.5, 0.6) is 0 Å². The Kier molecular flexibility index (Phi) is 11.7. The number of carbonyl (C=O) groups excluding carboxylic acids is 2. The van der Waals surface area contributed by atoms with Crippen molar-refractivity contribution in [3.05, 3.63) is 70.3 Å². The van der Waals surface area contributed by atoms with E-state index in [-0.39, 0.29) is 22.9 Å². The maximum Gasteiger partial charge on any atom is 0.255 e. The first-order valence-electron chi connectivity index (χ1n) is 16.2. The zero-order valence-corrected chi connectivity index (χ0v) is 32.7. The second-order valence-corrected chi connectivity index (χ2v) is 21.7. The Labute approximate surface area is 297 Å². The van der Waals surface area contributed by atoms with Gasteiger partial charge in [0.25, 0.3) is 11.8 Å². The van der Waals surface area contributed by atoms with Crippen molar-refractivity contribution in [1.82, 2.24) is 40.1 Å². The van der Waals surface area contributed by atoms with Crippen molar-refractivity contribution < 1.29 is 14.3 Å². The molecular weight excluding hydrogens is 702 g/mol. The van der Waals surface area contributed by atoms with Gasteiger partial charge in [0.05, 0.1) is 23.5 Å². The minimum absolute atomic E-state index is 0.161. The highest BCUT2D eigenvalue weighted by Gasteiger charge is 2.23. The largest absolute Gasteiger partial charge is 0.361 e. The van der Waals surface area contributed by atoms with E-state index < -0.39 is 8.07 Å². The zero-order chi connectivity index (χ0) is 36.1. The van der Waals surface area contributed by atoms with Crippen LogP contribution in [0.1, 0.15) is 67.8 Å². The predicted molar refractivity (Wildman–Crippen MR) is 202 cm³/mol. The van der Waals surface area contributed by atoms with Gasteiger partial charge in [-0.15, -0.1) is 0 Å². The Morgan fingerprint density at radius 3 is 2.14 bits per heavy atom. The Morgan fingerprint density at radius 1 is 0.898 bits per heavy atom.